The Labute approximate surface area is 103 Å². The zero-order chi connectivity index (χ0) is 13.3. The Kier molecular flexibility index (Phi) is 3.29. The molecule has 18 heavy (non-hydrogen) atoms. The summed E-state index contributed by atoms with van der Waals surface area (Å²) < 4.78 is 18.1. The number of hydrogen-bond acceptors (Lipinski definition) is 3. The quantitative estimate of drug-likeness (QED) is 0.847. The number of amides is 1. The lowest BCUT2D eigenvalue weighted by atomic mass is 9.99. The van der Waals surface area contributed by atoms with E-state index in [-0.39, 0.29) is 12.5 Å². The van der Waals surface area contributed by atoms with Crippen LogP contribution < -0.4 is 0 Å². The van der Waals surface area contributed by atoms with Crippen LogP contribution in [0.3, 0.4) is 0 Å². The molecule has 0 spiro atoms. The third-order valence-electron chi connectivity index (χ3n) is 2.94. The maximum atomic E-state index is 12.8. The summed E-state index contributed by atoms with van der Waals surface area (Å²) in [6.45, 7) is -0.178. The Morgan fingerprint density at radius 2 is 2.06 bits per heavy atom. The Bertz CT molecular complexity index is 473. The summed E-state index contributed by atoms with van der Waals surface area (Å²) in [5.74, 6) is -1.95. The lowest BCUT2D eigenvalue weighted by Crippen LogP contribution is -2.52. The molecule has 0 aromatic heterocycles. The van der Waals surface area contributed by atoms with Gasteiger partial charge in [-0.05, 0) is 17.7 Å². The summed E-state index contributed by atoms with van der Waals surface area (Å²) in [7, 11) is 1.42. The van der Waals surface area contributed by atoms with Crippen LogP contribution in [0.5, 0.6) is 0 Å². The van der Waals surface area contributed by atoms with Crippen LogP contribution in [-0.2, 0) is 14.3 Å². The highest BCUT2D eigenvalue weighted by atomic mass is 19.1. The summed E-state index contributed by atoms with van der Waals surface area (Å²) >= 11 is 0. The molecule has 0 saturated carbocycles. The van der Waals surface area contributed by atoms with E-state index in [9.17, 15) is 14.0 Å². The van der Waals surface area contributed by atoms with Gasteiger partial charge < -0.3 is 14.7 Å². The third-order valence-corrected chi connectivity index (χ3v) is 2.94. The molecule has 0 radical (unpaired) electrons. The second kappa shape index (κ2) is 4.73. The van der Waals surface area contributed by atoms with Crippen LogP contribution in [0.25, 0.3) is 0 Å². The molecule has 0 aliphatic carbocycles. The molecule has 1 aliphatic heterocycles. The molecule has 1 aromatic carbocycles. The van der Waals surface area contributed by atoms with Crippen LogP contribution >= 0.6 is 0 Å². The number of benzene rings is 1. The Morgan fingerprint density at radius 1 is 1.44 bits per heavy atom. The van der Waals surface area contributed by atoms with Crippen LogP contribution in [0, 0.1) is 5.82 Å². The summed E-state index contributed by atoms with van der Waals surface area (Å²) in [5, 5.41) is 9.16. The number of carboxylic acid groups (broad SMARTS) is 1. The van der Waals surface area contributed by atoms with E-state index in [4.69, 9.17) is 9.84 Å². The lowest BCUT2D eigenvalue weighted by Gasteiger charge is -2.36. The second-order valence-corrected chi connectivity index (χ2v) is 4.07. The molecule has 0 bridgehead atoms. The number of halogens is 1. The van der Waals surface area contributed by atoms with Crippen molar-refractivity contribution in [1.82, 2.24) is 4.90 Å². The molecule has 2 atom stereocenters. The van der Waals surface area contributed by atoms with Gasteiger partial charge in [0.2, 0.25) is 5.91 Å². The van der Waals surface area contributed by atoms with Crippen molar-refractivity contribution in [2.24, 2.45) is 0 Å². The van der Waals surface area contributed by atoms with E-state index >= 15 is 0 Å². The molecule has 1 saturated heterocycles. The predicted molar refractivity (Wildman–Crippen MR) is 59.3 cm³/mol. The fourth-order valence-corrected chi connectivity index (χ4v) is 1.94. The van der Waals surface area contributed by atoms with Gasteiger partial charge in [-0.3, -0.25) is 4.79 Å². The SMILES string of the molecule is CN1C(=O)COC(c2ccc(F)cc2)C1C(=O)O. The van der Waals surface area contributed by atoms with Gasteiger partial charge >= 0.3 is 5.97 Å². The van der Waals surface area contributed by atoms with Gasteiger partial charge in [-0.1, -0.05) is 12.1 Å². The van der Waals surface area contributed by atoms with Crippen molar-refractivity contribution in [3.05, 3.63) is 35.6 Å². The zero-order valence-corrected chi connectivity index (χ0v) is 9.67. The van der Waals surface area contributed by atoms with E-state index in [1.54, 1.807) is 0 Å². The van der Waals surface area contributed by atoms with E-state index in [0.717, 1.165) is 4.90 Å². The van der Waals surface area contributed by atoms with Crippen molar-refractivity contribution < 1.29 is 23.8 Å². The predicted octanol–water partition coefficient (Wildman–Crippen LogP) is 0.809. The molecule has 96 valence electrons. The molecule has 6 heteroatoms. The third kappa shape index (κ3) is 2.19. The zero-order valence-electron chi connectivity index (χ0n) is 9.67. The molecule has 1 N–H and O–H groups in total. The van der Waals surface area contributed by atoms with Crippen LogP contribution in [0.15, 0.2) is 24.3 Å². The minimum Gasteiger partial charge on any atom is -0.480 e. The molecular weight excluding hydrogens is 241 g/mol. The van der Waals surface area contributed by atoms with Gasteiger partial charge in [0.15, 0.2) is 6.04 Å². The molecular formula is C12H12FNO4. The van der Waals surface area contributed by atoms with Crippen molar-refractivity contribution >= 4 is 11.9 Å². The van der Waals surface area contributed by atoms with Gasteiger partial charge in [0.05, 0.1) is 0 Å². The molecule has 1 aromatic rings. The van der Waals surface area contributed by atoms with E-state index in [1.165, 1.54) is 31.3 Å². The maximum absolute atomic E-state index is 12.8. The number of aliphatic carboxylic acids is 1. The highest BCUT2D eigenvalue weighted by molar-refractivity contribution is 5.86. The van der Waals surface area contributed by atoms with Crippen LogP contribution in [-0.4, -0.2) is 41.6 Å². The topological polar surface area (TPSA) is 66.8 Å². The van der Waals surface area contributed by atoms with Crippen molar-refractivity contribution in [2.45, 2.75) is 12.1 Å². The monoisotopic (exact) mass is 253 g/mol. The minimum atomic E-state index is -1.15. The van der Waals surface area contributed by atoms with Gasteiger partial charge in [-0.2, -0.15) is 0 Å². The summed E-state index contributed by atoms with van der Waals surface area (Å²) in [4.78, 5) is 23.8. The first-order chi connectivity index (χ1) is 8.50. The van der Waals surface area contributed by atoms with Crippen LogP contribution in [0.1, 0.15) is 11.7 Å². The number of morpholine rings is 1. The van der Waals surface area contributed by atoms with Crippen LogP contribution in [0.2, 0.25) is 0 Å². The van der Waals surface area contributed by atoms with Crippen molar-refractivity contribution in [2.75, 3.05) is 13.7 Å². The first kappa shape index (κ1) is 12.5. The first-order valence-corrected chi connectivity index (χ1v) is 5.36. The highest BCUT2D eigenvalue weighted by Crippen LogP contribution is 2.28. The van der Waals surface area contributed by atoms with E-state index in [2.05, 4.69) is 0 Å². The van der Waals surface area contributed by atoms with Gasteiger partial charge in [0, 0.05) is 7.05 Å². The maximum Gasteiger partial charge on any atom is 0.329 e. The lowest BCUT2D eigenvalue weighted by molar-refractivity contribution is -0.169. The number of carbonyl (C=O) groups is 2. The standard InChI is InChI=1S/C12H12FNO4/c1-14-9(15)6-18-11(10(14)12(16)17)7-2-4-8(13)5-3-7/h2-5,10-11H,6H2,1H3,(H,16,17). The highest BCUT2D eigenvalue weighted by Gasteiger charge is 2.40. The van der Waals surface area contributed by atoms with E-state index in [0.29, 0.717) is 5.56 Å². The van der Waals surface area contributed by atoms with Gasteiger partial charge in [-0.15, -0.1) is 0 Å². The van der Waals surface area contributed by atoms with E-state index in [1.807, 2.05) is 0 Å². The fraction of sp³-hybridized carbons (Fsp3) is 0.333. The number of nitrogens with zero attached hydrogens (tertiary/aromatic N) is 1. The summed E-state index contributed by atoms with van der Waals surface area (Å²) in [6.07, 6.45) is -0.786. The van der Waals surface area contributed by atoms with Crippen molar-refractivity contribution in [1.29, 1.82) is 0 Å². The first-order valence-electron chi connectivity index (χ1n) is 5.36. The summed E-state index contributed by atoms with van der Waals surface area (Å²) in [5.41, 5.74) is 0.531. The molecule has 2 unspecified atom stereocenters. The van der Waals surface area contributed by atoms with Crippen LogP contribution in [0.4, 0.5) is 4.39 Å². The normalized spacial score (nSPS) is 24.1. The summed E-state index contributed by atoms with van der Waals surface area (Å²) in [6, 6.07) is 4.28. The Hall–Kier alpha value is -1.95. The minimum absolute atomic E-state index is 0.178. The second-order valence-electron chi connectivity index (χ2n) is 4.07. The van der Waals surface area contributed by atoms with Gasteiger partial charge in [-0.25, -0.2) is 9.18 Å². The van der Waals surface area contributed by atoms with Crippen molar-refractivity contribution in [3.63, 3.8) is 0 Å². The fourth-order valence-electron chi connectivity index (χ4n) is 1.94. The van der Waals surface area contributed by atoms with Gasteiger partial charge in [0.25, 0.3) is 0 Å². The number of ether oxygens (including phenoxy) is 1. The molecule has 1 heterocycles. The smallest absolute Gasteiger partial charge is 0.329 e. The number of carboxylic acids is 1. The van der Waals surface area contributed by atoms with E-state index < -0.39 is 23.9 Å². The Morgan fingerprint density at radius 3 is 2.61 bits per heavy atom. The van der Waals surface area contributed by atoms with Gasteiger partial charge in [0.1, 0.15) is 18.5 Å². The largest absolute Gasteiger partial charge is 0.480 e. The average Bonchev–Trinajstić information content (AvgIpc) is 2.33. The molecule has 5 nitrogen and oxygen atoms in total. The number of hydrogen-bond donors (Lipinski definition) is 1. The molecule has 1 fully saturated rings. The number of rotatable bonds is 2. The number of likely N-dealkylation sites (N-methyl/N-ethyl adjacent to an activating group) is 1. The van der Waals surface area contributed by atoms with Crippen molar-refractivity contribution in [3.8, 4) is 0 Å². The molecule has 1 aliphatic rings. The molecule has 1 amide bonds. The average molecular weight is 253 g/mol. The Balaban J connectivity index is 2.33. The number of carbonyl (C=O) groups excluding carboxylic acids is 1. The molecule has 2 rings (SSSR count).